The fourth-order valence-corrected chi connectivity index (χ4v) is 2.82. The molecule has 1 aliphatic rings. The van der Waals surface area contributed by atoms with Crippen LogP contribution in [0.1, 0.15) is 23.3 Å². The second-order valence-electron chi connectivity index (χ2n) is 4.75. The van der Waals surface area contributed by atoms with Gasteiger partial charge in [-0.05, 0) is 23.3 Å². The van der Waals surface area contributed by atoms with Crippen LogP contribution >= 0.6 is 15.9 Å². The topological polar surface area (TPSA) is 21.3 Å². The quantitative estimate of drug-likeness (QED) is 0.908. The summed E-state index contributed by atoms with van der Waals surface area (Å²) < 4.78 is 7.10. The predicted molar refractivity (Wildman–Crippen MR) is 80.0 cm³/mol. The van der Waals surface area contributed by atoms with E-state index >= 15 is 0 Å². The first-order valence-corrected chi connectivity index (χ1v) is 7.27. The molecule has 2 aromatic rings. The lowest BCUT2D eigenvalue weighted by Gasteiger charge is -2.31. The van der Waals surface area contributed by atoms with Crippen LogP contribution in [-0.2, 0) is 4.74 Å². The van der Waals surface area contributed by atoms with Crippen molar-refractivity contribution in [2.75, 3.05) is 13.2 Å². The molecule has 2 aromatic carbocycles. The molecule has 1 fully saturated rings. The van der Waals surface area contributed by atoms with E-state index in [4.69, 9.17) is 4.74 Å². The van der Waals surface area contributed by atoms with Crippen LogP contribution in [0.5, 0.6) is 0 Å². The molecular formula is C16H16BrNO. The third-order valence-corrected chi connectivity index (χ3v) is 3.93. The third-order valence-electron chi connectivity index (χ3n) is 3.44. The molecular weight excluding hydrogens is 302 g/mol. The van der Waals surface area contributed by atoms with E-state index in [0.717, 1.165) is 11.0 Å². The van der Waals surface area contributed by atoms with Gasteiger partial charge in [-0.25, -0.2) is 0 Å². The Balaban J connectivity index is 1.67. The van der Waals surface area contributed by atoms with E-state index in [2.05, 4.69) is 57.6 Å². The fourth-order valence-electron chi connectivity index (χ4n) is 2.40. The lowest BCUT2D eigenvalue weighted by atomic mass is 10.0. The Bertz CT molecular complexity index is 535. The van der Waals surface area contributed by atoms with Gasteiger partial charge >= 0.3 is 0 Å². The van der Waals surface area contributed by atoms with Crippen LogP contribution < -0.4 is 5.32 Å². The molecule has 0 amide bonds. The molecule has 1 heterocycles. The first-order chi connectivity index (χ1) is 9.33. The summed E-state index contributed by atoms with van der Waals surface area (Å²) in [5.41, 5.74) is 2.50. The van der Waals surface area contributed by atoms with Crippen molar-refractivity contribution in [3.8, 4) is 0 Å². The van der Waals surface area contributed by atoms with Gasteiger partial charge in [0.25, 0.3) is 0 Å². The van der Waals surface area contributed by atoms with Crippen molar-refractivity contribution in [2.45, 2.75) is 12.1 Å². The minimum Gasteiger partial charge on any atom is -0.370 e. The van der Waals surface area contributed by atoms with Gasteiger partial charge in [0.15, 0.2) is 0 Å². The van der Waals surface area contributed by atoms with Crippen molar-refractivity contribution in [2.24, 2.45) is 0 Å². The molecule has 1 N–H and O–H groups in total. The van der Waals surface area contributed by atoms with Gasteiger partial charge in [0.05, 0.1) is 18.8 Å². The Hall–Kier alpha value is -1.16. The number of hydrogen-bond acceptors (Lipinski definition) is 2. The first kappa shape index (κ1) is 12.9. The molecule has 0 saturated carbocycles. The molecule has 2 unspecified atom stereocenters. The number of hydrogen-bond donors (Lipinski definition) is 1. The first-order valence-electron chi connectivity index (χ1n) is 6.48. The van der Waals surface area contributed by atoms with Gasteiger partial charge in [0.2, 0.25) is 0 Å². The molecule has 0 aliphatic carbocycles. The molecule has 0 spiro atoms. The summed E-state index contributed by atoms with van der Waals surface area (Å²) in [5, 5.41) is 3.56. The molecule has 2 nitrogen and oxygen atoms in total. The average molecular weight is 318 g/mol. The predicted octanol–water partition coefficient (Wildman–Crippen LogP) is 3.85. The van der Waals surface area contributed by atoms with Crippen molar-refractivity contribution < 1.29 is 4.74 Å². The average Bonchev–Trinajstić information content (AvgIpc) is 2.48. The highest BCUT2D eigenvalue weighted by Crippen LogP contribution is 2.26. The van der Waals surface area contributed by atoms with E-state index in [0.29, 0.717) is 12.6 Å². The van der Waals surface area contributed by atoms with Gasteiger partial charge in [0, 0.05) is 11.0 Å². The van der Waals surface area contributed by atoms with E-state index in [1.54, 1.807) is 0 Å². The molecule has 3 rings (SSSR count). The van der Waals surface area contributed by atoms with Crippen LogP contribution in [0.2, 0.25) is 0 Å². The highest BCUT2D eigenvalue weighted by Gasteiger charge is 2.23. The second-order valence-corrected chi connectivity index (χ2v) is 5.66. The van der Waals surface area contributed by atoms with E-state index in [-0.39, 0.29) is 6.10 Å². The van der Waals surface area contributed by atoms with E-state index < -0.39 is 0 Å². The minimum absolute atomic E-state index is 0.137. The van der Waals surface area contributed by atoms with Crippen LogP contribution in [0.25, 0.3) is 0 Å². The van der Waals surface area contributed by atoms with Crippen LogP contribution in [0.4, 0.5) is 0 Å². The molecule has 1 saturated heterocycles. The summed E-state index contributed by atoms with van der Waals surface area (Å²) >= 11 is 3.50. The van der Waals surface area contributed by atoms with Crippen molar-refractivity contribution in [1.82, 2.24) is 5.32 Å². The van der Waals surface area contributed by atoms with Gasteiger partial charge < -0.3 is 10.1 Å². The minimum atomic E-state index is 0.137. The maximum absolute atomic E-state index is 6.00. The van der Waals surface area contributed by atoms with Crippen LogP contribution in [0.3, 0.4) is 0 Å². The number of rotatable bonds is 2. The zero-order valence-corrected chi connectivity index (χ0v) is 12.1. The normalized spacial score (nSPS) is 23.2. The molecule has 3 heteroatoms. The lowest BCUT2D eigenvalue weighted by Crippen LogP contribution is -2.36. The molecule has 0 radical (unpaired) electrons. The molecule has 0 aromatic heterocycles. The van der Waals surface area contributed by atoms with Crippen molar-refractivity contribution in [3.63, 3.8) is 0 Å². The Kier molecular flexibility index (Phi) is 3.97. The van der Waals surface area contributed by atoms with E-state index in [1.807, 2.05) is 18.2 Å². The number of halogens is 1. The smallest absolute Gasteiger partial charge is 0.0950 e. The zero-order valence-electron chi connectivity index (χ0n) is 10.6. The number of morpholine rings is 1. The van der Waals surface area contributed by atoms with Crippen molar-refractivity contribution in [3.05, 3.63) is 70.2 Å². The van der Waals surface area contributed by atoms with Gasteiger partial charge in [-0.3, -0.25) is 0 Å². The largest absolute Gasteiger partial charge is 0.370 e. The van der Waals surface area contributed by atoms with E-state index in [1.165, 1.54) is 11.1 Å². The Morgan fingerprint density at radius 3 is 2.47 bits per heavy atom. The molecule has 98 valence electrons. The monoisotopic (exact) mass is 317 g/mol. The number of ether oxygens (including phenoxy) is 1. The maximum atomic E-state index is 6.00. The van der Waals surface area contributed by atoms with E-state index in [9.17, 15) is 0 Å². The van der Waals surface area contributed by atoms with Gasteiger partial charge in [-0.2, -0.15) is 0 Å². The summed E-state index contributed by atoms with van der Waals surface area (Å²) in [5.74, 6) is 0. The van der Waals surface area contributed by atoms with Crippen molar-refractivity contribution >= 4 is 15.9 Å². The Morgan fingerprint density at radius 2 is 1.79 bits per heavy atom. The Morgan fingerprint density at radius 1 is 1.00 bits per heavy atom. The lowest BCUT2D eigenvalue weighted by molar-refractivity contribution is 0.00235. The van der Waals surface area contributed by atoms with Crippen molar-refractivity contribution in [1.29, 1.82) is 0 Å². The van der Waals surface area contributed by atoms with Gasteiger partial charge in [0.1, 0.15) is 0 Å². The number of benzene rings is 2. The highest BCUT2D eigenvalue weighted by atomic mass is 79.9. The summed E-state index contributed by atoms with van der Waals surface area (Å²) in [6.45, 7) is 1.55. The standard InChI is InChI=1S/C16H16BrNO/c17-14-8-4-7-13(9-14)16-10-18-15(11-19-16)12-5-2-1-3-6-12/h1-9,15-16,18H,10-11H2. The molecule has 0 bridgehead atoms. The third kappa shape index (κ3) is 3.06. The maximum Gasteiger partial charge on any atom is 0.0950 e. The van der Waals surface area contributed by atoms with Gasteiger partial charge in [-0.1, -0.05) is 58.4 Å². The molecule has 19 heavy (non-hydrogen) atoms. The summed E-state index contributed by atoms with van der Waals surface area (Å²) in [6, 6.07) is 19.1. The second kappa shape index (κ2) is 5.87. The summed E-state index contributed by atoms with van der Waals surface area (Å²) in [4.78, 5) is 0. The number of nitrogens with one attached hydrogen (secondary N) is 1. The molecule has 1 aliphatic heterocycles. The fraction of sp³-hybridized carbons (Fsp3) is 0.250. The van der Waals surface area contributed by atoms with Crippen LogP contribution in [0, 0.1) is 0 Å². The van der Waals surface area contributed by atoms with Gasteiger partial charge in [-0.15, -0.1) is 0 Å². The SMILES string of the molecule is Brc1cccc(C2CNC(c3ccccc3)CO2)c1. The van der Waals surface area contributed by atoms with Crippen LogP contribution in [0.15, 0.2) is 59.1 Å². The summed E-state index contributed by atoms with van der Waals surface area (Å²) in [6.07, 6.45) is 0.137. The summed E-state index contributed by atoms with van der Waals surface area (Å²) in [7, 11) is 0. The van der Waals surface area contributed by atoms with Crippen LogP contribution in [-0.4, -0.2) is 13.2 Å². The molecule has 2 atom stereocenters. The highest BCUT2D eigenvalue weighted by molar-refractivity contribution is 9.10. The Labute approximate surface area is 121 Å². The zero-order chi connectivity index (χ0) is 13.1.